The van der Waals surface area contributed by atoms with Crippen LogP contribution in [0.25, 0.3) is 0 Å². The quantitative estimate of drug-likeness (QED) is 0.0379. The second-order valence-electron chi connectivity index (χ2n) is 15.7. The second-order valence-corrected chi connectivity index (χ2v) is 17.0. The van der Waals surface area contributed by atoms with Crippen LogP contribution in [-0.2, 0) is 45.3 Å². The third kappa shape index (κ3) is 17.0. The summed E-state index contributed by atoms with van der Waals surface area (Å²) < 4.78 is 34.5. The maximum Gasteiger partial charge on any atom is 0.271 e. The Labute approximate surface area is 383 Å². The number of benzene rings is 2. The van der Waals surface area contributed by atoms with Crippen LogP contribution in [0.5, 0.6) is 0 Å². The number of hydrazone groups is 1. The highest BCUT2D eigenvalue weighted by Crippen LogP contribution is 2.18. The number of anilines is 1. The van der Waals surface area contributed by atoms with Crippen LogP contribution in [0.2, 0.25) is 0 Å². The first kappa shape index (κ1) is 53.5. The first-order chi connectivity index (χ1) is 31.0. The molecule has 1 aromatic heterocycles. The van der Waals surface area contributed by atoms with Gasteiger partial charge in [0.05, 0.1) is 23.2 Å². The molecule has 0 aliphatic carbocycles. The van der Waals surface area contributed by atoms with Gasteiger partial charge in [0.1, 0.15) is 40.1 Å². The SMILES string of the molecule is CC(=O)N1CCC[C@H]1C(=O)N[C@@H](CCCN)C(=O)NCC(=O)N[C@@H](CCc1ccccc1)C(=O)N[C@@H](CC(C)C)C(=O)NNC(=O)c1ccc(N/N=C/c2ccccc2S(=O)(=O)[O-])nc1.[NH4+]. The van der Waals surface area contributed by atoms with Gasteiger partial charge >= 0.3 is 0 Å². The number of rotatable bonds is 22. The molecular formula is C43H60N12O10S. The zero-order chi connectivity index (χ0) is 47.5. The highest BCUT2D eigenvalue weighted by atomic mass is 32.2. The van der Waals surface area contributed by atoms with Crippen LogP contribution in [0, 0.1) is 5.92 Å². The molecule has 4 rings (SSSR count). The summed E-state index contributed by atoms with van der Waals surface area (Å²) >= 11 is 0. The molecule has 2 heterocycles. The van der Waals surface area contributed by atoms with Gasteiger partial charge in [-0.05, 0) is 81.2 Å². The highest BCUT2D eigenvalue weighted by Gasteiger charge is 2.35. The summed E-state index contributed by atoms with van der Waals surface area (Å²) in [6.07, 6.45) is 4.61. The second kappa shape index (κ2) is 26.2. The average Bonchev–Trinajstić information content (AvgIpc) is 3.78. The van der Waals surface area contributed by atoms with Crippen LogP contribution >= 0.6 is 0 Å². The number of hydrogen-bond acceptors (Lipinski definition) is 14. The van der Waals surface area contributed by atoms with Crippen molar-refractivity contribution in [1.29, 1.82) is 0 Å². The molecule has 0 bridgehead atoms. The number of quaternary nitrogens is 1. The Bertz CT molecular complexity index is 2280. The Balaban J connectivity index is 0.0000116. The van der Waals surface area contributed by atoms with E-state index in [2.05, 4.69) is 47.6 Å². The number of pyridine rings is 1. The van der Waals surface area contributed by atoms with Crippen molar-refractivity contribution in [3.63, 3.8) is 0 Å². The first-order valence-corrected chi connectivity index (χ1v) is 22.5. The van der Waals surface area contributed by atoms with Crippen LogP contribution in [0.3, 0.4) is 0 Å². The summed E-state index contributed by atoms with van der Waals surface area (Å²) in [6.45, 7) is 5.16. The van der Waals surface area contributed by atoms with Crippen molar-refractivity contribution >= 4 is 63.5 Å². The van der Waals surface area contributed by atoms with E-state index in [0.717, 1.165) is 17.8 Å². The van der Waals surface area contributed by atoms with Gasteiger partial charge in [-0.25, -0.2) is 13.4 Å². The molecule has 1 aliphatic heterocycles. The highest BCUT2D eigenvalue weighted by molar-refractivity contribution is 7.85. The van der Waals surface area contributed by atoms with Crippen LogP contribution in [-0.4, -0.2) is 114 Å². The van der Waals surface area contributed by atoms with E-state index in [0.29, 0.717) is 32.2 Å². The van der Waals surface area contributed by atoms with Gasteiger partial charge in [-0.3, -0.25) is 49.8 Å². The van der Waals surface area contributed by atoms with Crippen LogP contribution in [0.4, 0.5) is 5.82 Å². The van der Waals surface area contributed by atoms with Gasteiger partial charge in [0.2, 0.25) is 29.5 Å². The number of carbonyl (C=O) groups excluding carboxylic acids is 7. The van der Waals surface area contributed by atoms with E-state index in [1.807, 2.05) is 44.2 Å². The Morgan fingerprint density at radius 1 is 0.879 bits per heavy atom. The maximum absolute atomic E-state index is 13.9. The third-order valence-corrected chi connectivity index (χ3v) is 11.1. The van der Waals surface area contributed by atoms with E-state index in [1.165, 1.54) is 48.4 Å². The number of hydrogen-bond donors (Lipinski definition) is 9. The fourth-order valence-corrected chi connectivity index (χ4v) is 7.52. The number of carbonyl (C=O) groups is 7. The molecule has 0 radical (unpaired) electrons. The molecule has 1 saturated heterocycles. The normalized spacial score (nSPS) is 14.8. The zero-order valence-corrected chi connectivity index (χ0v) is 38.2. The molecule has 358 valence electrons. The van der Waals surface area contributed by atoms with Crippen molar-refractivity contribution in [2.24, 2.45) is 16.8 Å². The summed E-state index contributed by atoms with van der Waals surface area (Å²) in [5.74, 6) is -4.23. The van der Waals surface area contributed by atoms with Crippen LogP contribution in [0.15, 0.2) is 82.9 Å². The Hall–Kier alpha value is -6.82. The molecule has 22 nitrogen and oxygen atoms in total. The van der Waals surface area contributed by atoms with Crippen LogP contribution < -0.4 is 49.4 Å². The molecule has 3 aromatic rings. The molecule has 0 saturated carbocycles. The maximum atomic E-state index is 13.9. The monoisotopic (exact) mass is 936 g/mol. The van der Waals surface area contributed by atoms with Crippen molar-refractivity contribution in [1.82, 2.24) is 48.2 Å². The number of amides is 7. The summed E-state index contributed by atoms with van der Waals surface area (Å²) in [6, 6.07) is 13.4. The number of hydrazine groups is 1. The van der Waals surface area contributed by atoms with Crippen molar-refractivity contribution in [3.8, 4) is 0 Å². The van der Waals surface area contributed by atoms with Crippen molar-refractivity contribution in [2.75, 3.05) is 25.1 Å². The van der Waals surface area contributed by atoms with E-state index in [4.69, 9.17) is 5.73 Å². The number of nitrogens with zero attached hydrogens (tertiary/aromatic N) is 3. The first-order valence-electron chi connectivity index (χ1n) is 21.1. The van der Waals surface area contributed by atoms with E-state index in [1.54, 1.807) is 0 Å². The largest absolute Gasteiger partial charge is 0.744 e. The Morgan fingerprint density at radius 3 is 2.23 bits per heavy atom. The predicted octanol–water partition coefficient (Wildman–Crippen LogP) is 0.568. The molecule has 7 amide bonds. The van der Waals surface area contributed by atoms with Gasteiger partial charge in [-0.15, -0.1) is 0 Å². The molecule has 13 N–H and O–H groups in total. The molecular weight excluding hydrogens is 877 g/mol. The minimum Gasteiger partial charge on any atom is -0.744 e. The van der Waals surface area contributed by atoms with Gasteiger partial charge in [0.25, 0.3) is 11.8 Å². The van der Waals surface area contributed by atoms with Crippen molar-refractivity contribution < 1.29 is 46.5 Å². The van der Waals surface area contributed by atoms with Gasteiger partial charge in [-0.1, -0.05) is 62.4 Å². The lowest BCUT2D eigenvalue weighted by Crippen LogP contribution is -2.57. The molecule has 1 fully saturated rings. The number of likely N-dealkylation sites (tertiary alicyclic amines) is 1. The summed E-state index contributed by atoms with van der Waals surface area (Å²) in [7, 11) is -4.73. The van der Waals surface area contributed by atoms with Gasteiger partial charge in [0.15, 0.2) is 0 Å². The fraction of sp³-hybridized carbons (Fsp3) is 0.419. The number of nitrogens with one attached hydrogen (secondary N) is 7. The van der Waals surface area contributed by atoms with Gasteiger partial charge in [0, 0.05) is 25.2 Å². The van der Waals surface area contributed by atoms with Crippen molar-refractivity contribution in [3.05, 3.63) is 89.6 Å². The van der Waals surface area contributed by atoms with E-state index < -0.39 is 81.2 Å². The topological polar surface area (TPSA) is 352 Å². The molecule has 4 atom stereocenters. The predicted molar refractivity (Wildman–Crippen MR) is 243 cm³/mol. The molecule has 66 heavy (non-hydrogen) atoms. The molecule has 1 aliphatic rings. The molecule has 0 unspecified atom stereocenters. The number of aromatic nitrogens is 1. The molecule has 2 aromatic carbocycles. The lowest BCUT2D eigenvalue weighted by molar-refractivity contribution is -0.138. The minimum atomic E-state index is -4.73. The van der Waals surface area contributed by atoms with E-state index >= 15 is 0 Å². The van der Waals surface area contributed by atoms with Crippen LogP contribution in [0.1, 0.15) is 80.8 Å². The lowest BCUT2D eigenvalue weighted by atomic mass is 10.0. The minimum absolute atomic E-state index is 0. The van der Waals surface area contributed by atoms with E-state index in [-0.39, 0.29) is 60.7 Å². The summed E-state index contributed by atoms with van der Waals surface area (Å²) in [4.78, 5) is 97.1. The van der Waals surface area contributed by atoms with Gasteiger partial charge < -0.3 is 42.6 Å². The Morgan fingerprint density at radius 2 is 1.58 bits per heavy atom. The number of aryl methyl sites for hydroxylation is 1. The summed E-state index contributed by atoms with van der Waals surface area (Å²) in [5, 5.41) is 14.5. The summed E-state index contributed by atoms with van der Waals surface area (Å²) in [5.41, 5.74) is 13.8. The van der Waals surface area contributed by atoms with E-state index in [9.17, 15) is 46.5 Å². The fourth-order valence-electron chi connectivity index (χ4n) is 6.87. The standard InChI is InChI=1S/C43H57N11O10S.H3N/c1-27(2)23-34(42(60)53-52-39(57)31-18-20-37(45-24-31)51-47-25-30-13-7-8-16-36(30)65(62,63)64)50-41(59)33(19-17-29-11-5-4-6-12-29)48-38(56)26-46-40(58)32(14-9-21-44)49-43(61)35-15-10-22-54(35)28(3)55;/h4-8,11-13,16,18,20,24-25,27,32-35H,9-10,14-15,17,19,21-23,26,44H2,1-3H3,(H,45,51)(H,46,58)(H,48,56)(H,49,61)(H,50,59)(H,52,57)(H,53,60)(H,62,63,64);1H3/b47-25+;/t32-,33-,34-,35-;/m0./s1. The molecule has 23 heteroatoms. The van der Waals surface area contributed by atoms with Gasteiger partial charge in [-0.2, -0.15) is 5.10 Å². The Kier molecular flexibility index (Phi) is 21.3. The van der Waals surface area contributed by atoms with Crippen molar-refractivity contribution in [2.45, 2.75) is 94.8 Å². The zero-order valence-electron chi connectivity index (χ0n) is 37.4. The average molecular weight is 937 g/mol. The molecule has 0 spiro atoms. The lowest BCUT2D eigenvalue weighted by Gasteiger charge is -2.26. The third-order valence-electron chi connectivity index (χ3n) is 10.2. The smallest absolute Gasteiger partial charge is 0.271 e. The number of nitrogens with two attached hydrogens (primary N) is 1.